The van der Waals surface area contributed by atoms with Crippen LogP contribution in [-0.4, -0.2) is 23.2 Å². The van der Waals surface area contributed by atoms with E-state index in [1.165, 1.54) is 44.9 Å². The number of ether oxygens (including phenoxy) is 1. The first-order valence-electron chi connectivity index (χ1n) is 8.38. The lowest BCUT2D eigenvalue weighted by atomic mass is 9.84. The van der Waals surface area contributed by atoms with Gasteiger partial charge in [-0.05, 0) is 62.2 Å². The summed E-state index contributed by atoms with van der Waals surface area (Å²) >= 11 is 5.41. The highest BCUT2D eigenvalue weighted by atomic mass is 32.1. The summed E-state index contributed by atoms with van der Waals surface area (Å²) in [5.74, 6) is 2.82. The van der Waals surface area contributed by atoms with Crippen molar-refractivity contribution in [2.24, 2.45) is 17.8 Å². The number of hydrogen-bond donors (Lipinski definition) is 2. The Kier molecular flexibility index (Phi) is 4.89. The molecule has 2 N–H and O–H groups in total. The Labute approximate surface area is 147 Å². The molecule has 7 heteroatoms. The monoisotopic (exact) mass is 349 g/mol. The van der Waals surface area contributed by atoms with Gasteiger partial charge in [0.1, 0.15) is 5.75 Å². The molecule has 0 aromatic heterocycles. The maximum Gasteiger partial charge on any atom is 0.273 e. The number of anilines is 1. The van der Waals surface area contributed by atoms with Crippen LogP contribution < -0.4 is 15.4 Å². The molecule has 6 nitrogen and oxygen atoms in total. The Hall–Kier alpha value is -1.89. The van der Waals surface area contributed by atoms with Crippen LogP contribution in [0.25, 0.3) is 0 Å². The Morgan fingerprint density at radius 2 is 2.21 bits per heavy atom. The molecule has 2 aliphatic carbocycles. The highest BCUT2D eigenvalue weighted by molar-refractivity contribution is 7.80. The third kappa shape index (κ3) is 3.45. The van der Waals surface area contributed by atoms with Gasteiger partial charge in [-0.15, -0.1) is 0 Å². The van der Waals surface area contributed by atoms with E-state index in [0.29, 0.717) is 28.5 Å². The predicted octanol–water partition coefficient (Wildman–Crippen LogP) is 3.71. The number of nitro benzene ring substituents is 1. The molecule has 0 aliphatic heterocycles. The molecule has 1 aromatic carbocycles. The van der Waals surface area contributed by atoms with E-state index in [1.54, 1.807) is 6.07 Å². The van der Waals surface area contributed by atoms with E-state index >= 15 is 0 Å². The number of nitrogens with one attached hydrogen (secondary N) is 2. The van der Waals surface area contributed by atoms with Crippen molar-refractivity contribution in [3.63, 3.8) is 0 Å². The van der Waals surface area contributed by atoms with Crippen molar-refractivity contribution < 1.29 is 9.66 Å². The lowest BCUT2D eigenvalue weighted by Crippen LogP contribution is -2.42. The minimum Gasteiger partial charge on any atom is -0.494 e. The second-order valence-corrected chi connectivity index (χ2v) is 7.28. The van der Waals surface area contributed by atoms with Gasteiger partial charge in [-0.3, -0.25) is 10.1 Å². The zero-order valence-electron chi connectivity index (χ0n) is 14.0. The lowest BCUT2D eigenvalue weighted by Gasteiger charge is -2.29. The molecular weight excluding hydrogens is 326 g/mol. The molecule has 0 heterocycles. The molecule has 0 spiro atoms. The summed E-state index contributed by atoms with van der Waals surface area (Å²) < 4.78 is 5.23. The first-order valence-corrected chi connectivity index (χ1v) is 8.78. The van der Waals surface area contributed by atoms with E-state index in [-0.39, 0.29) is 5.69 Å². The fourth-order valence-corrected chi connectivity index (χ4v) is 4.57. The number of fused-ring (bicyclic) bond motifs is 2. The van der Waals surface area contributed by atoms with Crippen molar-refractivity contribution in [1.82, 2.24) is 5.32 Å². The van der Waals surface area contributed by atoms with Gasteiger partial charge in [-0.25, -0.2) is 0 Å². The number of rotatable bonds is 5. The number of nitrogens with zero attached hydrogens (tertiary/aromatic N) is 1. The summed E-state index contributed by atoms with van der Waals surface area (Å²) in [6, 6.07) is 4.77. The second kappa shape index (κ2) is 6.93. The topological polar surface area (TPSA) is 76.4 Å². The van der Waals surface area contributed by atoms with E-state index < -0.39 is 4.92 Å². The van der Waals surface area contributed by atoms with Crippen molar-refractivity contribution in [3.8, 4) is 5.75 Å². The van der Waals surface area contributed by atoms with E-state index in [1.807, 2.05) is 0 Å². The molecule has 0 amide bonds. The fourth-order valence-electron chi connectivity index (χ4n) is 4.28. The maximum atomic E-state index is 10.8. The van der Waals surface area contributed by atoms with E-state index in [4.69, 9.17) is 17.0 Å². The SMILES string of the molecule is COc1cc([N+](=O)[O-])ccc1NC(=S)NC(C)C1CC2CCC1C2. The van der Waals surface area contributed by atoms with Crippen molar-refractivity contribution in [2.75, 3.05) is 12.4 Å². The number of methoxy groups -OCH3 is 1. The summed E-state index contributed by atoms with van der Waals surface area (Å²) in [5, 5.41) is 17.8. The Balaban J connectivity index is 1.61. The van der Waals surface area contributed by atoms with Gasteiger partial charge in [-0.1, -0.05) is 6.42 Å². The van der Waals surface area contributed by atoms with Crippen molar-refractivity contribution >= 4 is 28.7 Å². The van der Waals surface area contributed by atoms with Crippen LogP contribution in [-0.2, 0) is 0 Å². The van der Waals surface area contributed by atoms with Crippen LogP contribution in [0, 0.1) is 27.9 Å². The second-order valence-electron chi connectivity index (χ2n) is 6.87. The van der Waals surface area contributed by atoms with Gasteiger partial charge in [0.25, 0.3) is 5.69 Å². The lowest BCUT2D eigenvalue weighted by molar-refractivity contribution is -0.384. The molecule has 2 saturated carbocycles. The molecule has 1 aromatic rings. The standard InChI is InChI=1S/C17H23N3O3S/c1-10(14-8-11-3-4-12(14)7-11)18-17(24)19-15-6-5-13(20(21)22)9-16(15)23-2/h5-6,9-12,14H,3-4,7-8H2,1-2H3,(H2,18,19,24). The summed E-state index contributed by atoms with van der Waals surface area (Å²) in [5.41, 5.74) is 0.618. The van der Waals surface area contributed by atoms with Crippen molar-refractivity contribution in [1.29, 1.82) is 0 Å². The first-order chi connectivity index (χ1) is 11.5. The van der Waals surface area contributed by atoms with Crippen molar-refractivity contribution in [3.05, 3.63) is 28.3 Å². The number of benzene rings is 1. The van der Waals surface area contributed by atoms with Crippen LogP contribution in [0.5, 0.6) is 5.75 Å². The van der Waals surface area contributed by atoms with Gasteiger partial charge in [0.15, 0.2) is 5.11 Å². The smallest absolute Gasteiger partial charge is 0.273 e. The fraction of sp³-hybridized carbons (Fsp3) is 0.588. The molecule has 2 bridgehead atoms. The van der Waals surface area contributed by atoms with Crippen LogP contribution >= 0.6 is 12.2 Å². The molecule has 4 atom stereocenters. The molecular formula is C17H23N3O3S. The predicted molar refractivity (Wildman–Crippen MR) is 97.4 cm³/mol. The number of nitro groups is 1. The molecule has 3 rings (SSSR count). The summed E-state index contributed by atoms with van der Waals surface area (Å²) in [6.45, 7) is 2.19. The normalized spacial score (nSPS) is 26.0. The Morgan fingerprint density at radius 3 is 2.79 bits per heavy atom. The van der Waals surface area contributed by atoms with Gasteiger partial charge >= 0.3 is 0 Å². The number of non-ortho nitro benzene ring substituents is 1. The van der Waals surface area contributed by atoms with Crippen LogP contribution in [0.3, 0.4) is 0 Å². The molecule has 0 saturated heterocycles. The third-order valence-corrected chi connectivity index (χ3v) is 5.66. The van der Waals surface area contributed by atoms with Crippen LogP contribution in [0.1, 0.15) is 32.6 Å². The summed E-state index contributed by atoms with van der Waals surface area (Å²) in [7, 11) is 1.48. The van der Waals surface area contributed by atoms with Gasteiger partial charge in [0.2, 0.25) is 0 Å². The Bertz CT molecular complexity index is 652. The van der Waals surface area contributed by atoms with Crippen LogP contribution in [0.15, 0.2) is 18.2 Å². The van der Waals surface area contributed by atoms with E-state index in [2.05, 4.69) is 17.6 Å². The van der Waals surface area contributed by atoms with E-state index in [9.17, 15) is 10.1 Å². The van der Waals surface area contributed by atoms with E-state index in [0.717, 1.165) is 11.8 Å². The zero-order chi connectivity index (χ0) is 17.3. The number of thiocarbonyl (C=S) groups is 1. The van der Waals surface area contributed by atoms with Gasteiger partial charge in [0.05, 0.1) is 23.8 Å². The quantitative estimate of drug-likeness (QED) is 0.479. The first kappa shape index (κ1) is 17.0. The van der Waals surface area contributed by atoms with Gasteiger partial charge in [-0.2, -0.15) is 0 Å². The molecule has 24 heavy (non-hydrogen) atoms. The Morgan fingerprint density at radius 1 is 1.42 bits per heavy atom. The largest absolute Gasteiger partial charge is 0.494 e. The molecule has 0 radical (unpaired) electrons. The third-order valence-electron chi connectivity index (χ3n) is 5.44. The van der Waals surface area contributed by atoms with Crippen LogP contribution in [0.2, 0.25) is 0 Å². The highest BCUT2D eigenvalue weighted by Crippen LogP contribution is 2.49. The molecule has 2 fully saturated rings. The minimum atomic E-state index is -0.444. The van der Waals surface area contributed by atoms with Crippen LogP contribution in [0.4, 0.5) is 11.4 Å². The average molecular weight is 349 g/mol. The van der Waals surface area contributed by atoms with Gasteiger partial charge in [0, 0.05) is 12.1 Å². The summed E-state index contributed by atoms with van der Waals surface area (Å²) in [6.07, 6.45) is 5.39. The molecule has 130 valence electrons. The minimum absolute atomic E-state index is 0.00775. The average Bonchev–Trinajstić information content (AvgIpc) is 3.17. The zero-order valence-corrected chi connectivity index (χ0v) is 14.8. The maximum absolute atomic E-state index is 10.8. The molecule has 2 aliphatic rings. The molecule has 4 unspecified atom stereocenters. The number of hydrogen-bond acceptors (Lipinski definition) is 4. The van der Waals surface area contributed by atoms with Gasteiger partial charge < -0.3 is 15.4 Å². The highest BCUT2D eigenvalue weighted by Gasteiger charge is 2.41. The summed E-state index contributed by atoms with van der Waals surface area (Å²) in [4.78, 5) is 10.4. The van der Waals surface area contributed by atoms with Crippen molar-refractivity contribution in [2.45, 2.75) is 38.6 Å².